The molecule has 2 aliphatic rings. The molecule has 2 rings (SSSR count). The van der Waals surface area contributed by atoms with Crippen molar-refractivity contribution in [1.82, 2.24) is 0 Å². The number of hydrogen-bond acceptors (Lipinski definition) is 2. The number of aliphatic imine (C=N–C) groups is 1. The second-order valence-corrected chi connectivity index (χ2v) is 2.62. The van der Waals surface area contributed by atoms with Gasteiger partial charge in [0.1, 0.15) is 12.1 Å². The van der Waals surface area contributed by atoms with Crippen molar-refractivity contribution in [1.29, 1.82) is 0 Å². The normalized spacial score (nSPS) is 35.1. The number of rotatable bonds is 0. The maximum atomic E-state index is 5.21. The van der Waals surface area contributed by atoms with Crippen molar-refractivity contribution in [3.05, 3.63) is 23.8 Å². The maximum Gasteiger partial charge on any atom is 0.171 e. The van der Waals surface area contributed by atoms with Crippen molar-refractivity contribution in [2.75, 3.05) is 0 Å². The van der Waals surface area contributed by atoms with E-state index in [1.54, 1.807) is 0 Å². The summed E-state index contributed by atoms with van der Waals surface area (Å²) in [7, 11) is 0. The third-order valence-corrected chi connectivity index (χ3v) is 1.77. The standard InChI is InChI=1S/C8H9NO/c1-6-2-3-7-8(4-6)10-5-9-7/h2-5,7-8H,1H3. The van der Waals surface area contributed by atoms with E-state index in [2.05, 4.69) is 30.1 Å². The summed E-state index contributed by atoms with van der Waals surface area (Å²) in [4.78, 5) is 4.11. The molecule has 0 aromatic rings. The van der Waals surface area contributed by atoms with Gasteiger partial charge >= 0.3 is 0 Å². The van der Waals surface area contributed by atoms with Gasteiger partial charge in [0.15, 0.2) is 6.40 Å². The molecule has 0 aromatic carbocycles. The number of fused-ring (bicyclic) bond motifs is 1. The van der Waals surface area contributed by atoms with E-state index in [9.17, 15) is 0 Å². The summed E-state index contributed by atoms with van der Waals surface area (Å²) in [5.41, 5.74) is 1.26. The van der Waals surface area contributed by atoms with Gasteiger partial charge in [-0.05, 0) is 13.0 Å². The quantitative estimate of drug-likeness (QED) is 0.490. The molecule has 0 aromatic heterocycles. The van der Waals surface area contributed by atoms with Gasteiger partial charge < -0.3 is 4.74 Å². The smallest absolute Gasteiger partial charge is 0.171 e. The van der Waals surface area contributed by atoms with E-state index in [1.165, 1.54) is 12.0 Å². The van der Waals surface area contributed by atoms with E-state index in [4.69, 9.17) is 4.74 Å². The molecule has 52 valence electrons. The second-order valence-electron chi connectivity index (χ2n) is 2.62. The zero-order valence-electron chi connectivity index (χ0n) is 5.82. The van der Waals surface area contributed by atoms with Gasteiger partial charge in [0.25, 0.3) is 0 Å². The average molecular weight is 135 g/mol. The van der Waals surface area contributed by atoms with Crippen LogP contribution in [0.25, 0.3) is 0 Å². The Bertz CT molecular complexity index is 227. The van der Waals surface area contributed by atoms with Crippen LogP contribution in [0.5, 0.6) is 0 Å². The van der Waals surface area contributed by atoms with Crippen LogP contribution in [0.15, 0.2) is 28.8 Å². The molecule has 0 spiro atoms. The monoisotopic (exact) mass is 135 g/mol. The van der Waals surface area contributed by atoms with Gasteiger partial charge in [0.2, 0.25) is 0 Å². The lowest BCUT2D eigenvalue weighted by Gasteiger charge is -2.14. The number of allylic oxidation sites excluding steroid dienone is 2. The highest BCUT2D eigenvalue weighted by atomic mass is 16.5. The lowest BCUT2D eigenvalue weighted by atomic mass is 10.0. The number of ether oxygens (including phenoxy) is 1. The molecule has 0 saturated heterocycles. The van der Waals surface area contributed by atoms with Crippen LogP contribution in [0.4, 0.5) is 0 Å². The van der Waals surface area contributed by atoms with Gasteiger partial charge in [-0.15, -0.1) is 0 Å². The van der Waals surface area contributed by atoms with Crippen LogP contribution in [-0.2, 0) is 4.74 Å². The summed E-state index contributed by atoms with van der Waals surface area (Å²) in [6, 6.07) is 0.240. The fourth-order valence-electron chi connectivity index (χ4n) is 1.20. The summed E-state index contributed by atoms with van der Waals surface area (Å²) >= 11 is 0. The third-order valence-electron chi connectivity index (χ3n) is 1.77. The van der Waals surface area contributed by atoms with E-state index in [0.29, 0.717) is 0 Å². The molecule has 2 atom stereocenters. The van der Waals surface area contributed by atoms with E-state index < -0.39 is 0 Å². The Morgan fingerprint density at radius 1 is 1.60 bits per heavy atom. The van der Waals surface area contributed by atoms with Crippen molar-refractivity contribution in [3.63, 3.8) is 0 Å². The van der Waals surface area contributed by atoms with Gasteiger partial charge in [-0.25, -0.2) is 4.99 Å². The molecular weight excluding hydrogens is 126 g/mol. The van der Waals surface area contributed by atoms with Crippen LogP contribution >= 0.6 is 0 Å². The van der Waals surface area contributed by atoms with Crippen LogP contribution in [0.2, 0.25) is 0 Å². The largest absolute Gasteiger partial charge is 0.474 e. The Morgan fingerprint density at radius 3 is 3.40 bits per heavy atom. The predicted molar refractivity (Wildman–Crippen MR) is 40.1 cm³/mol. The molecule has 1 heterocycles. The topological polar surface area (TPSA) is 21.6 Å². The van der Waals surface area contributed by atoms with Crippen LogP contribution in [-0.4, -0.2) is 18.5 Å². The van der Waals surface area contributed by atoms with Crippen molar-refractivity contribution >= 4 is 6.40 Å². The summed E-state index contributed by atoms with van der Waals surface area (Å²) < 4.78 is 5.21. The van der Waals surface area contributed by atoms with Crippen LogP contribution in [0.3, 0.4) is 0 Å². The number of nitrogens with zero attached hydrogens (tertiary/aromatic N) is 1. The average Bonchev–Trinajstić information content (AvgIpc) is 2.33. The molecule has 0 amide bonds. The first-order valence-corrected chi connectivity index (χ1v) is 3.40. The molecule has 1 aliphatic carbocycles. The van der Waals surface area contributed by atoms with Crippen LogP contribution in [0, 0.1) is 0 Å². The van der Waals surface area contributed by atoms with Gasteiger partial charge in [-0.3, -0.25) is 0 Å². The van der Waals surface area contributed by atoms with Crippen LogP contribution < -0.4 is 0 Å². The van der Waals surface area contributed by atoms with E-state index in [0.717, 1.165) is 0 Å². The first-order valence-electron chi connectivity index (χ1n) is 3.40. The Balaban J connectivity index is 2.25. The van der Waals surface area contributed by atoms with Gasteiger partial charge in [-0.1, -0.05) is 17.7 Å². The van der Waals surface area contributed by atoms with Crippen molar-refractivity contribution in [2.24, 2.45) is 4.99 Å². The zero-order chi connectivity index (χ0) is 6.97. The van der Waals surface area contributed by atoms with E-state index in [1.807, 2.05) is 0 Å². The molecule has 0 bridgehead atoms. The lowest BCUT2D eigenvalue weighted by molar-refractivity contribution is 0.263. The summed E-state index contributed by atoms with van der Waals surface area (Å²) in [6.07, 6.45) is 7.95. The first-order chi connectivity index (χ1) is 4.86. The fourth-order valence-corrected chi connectivity index (χ4v) is 1.20. The molecule has 0 radical (unpaired) electrons. The van der Waals surface area contributed by atoms with E-state index in [-0.39, 0.29) is 12.1 Å². The number of hydrogen-bond donors (Lipinski definition) is 0. The molecule has 1 aliphatic heterocycles. The highest BCUT2D eigenvalue weighted by Crippen LogP contribution is 2.19. The minimum atomic E-state index is 0.171. The summed E-state index contributed by atoms with van der Waals surface area (Å²) in [6.45, 7) is 2.06. The SMILES string of the molecule is CC1=CC2OC=NC2C=C1. The molecule has 2 nitrogen and oxygen atoms in total. The Hall–Kier alpha value is -1.05. The third kappa shape index (κ3) is 0.764. The lowest BCUT2D eigenvalue weighted by Crippen LogP contribution is -2.19. The molecule has 2 heteroatoms. The highest BCUT2D eigenvalue weighted by molar-refractivity contribution is 5.53. The van der Waals surface area contributed by atoms with E-state index >= 15 is 0 Å². The second kappa shape index (κ2) is 1.97. The molecule has 0 N–H and O–H groups in total. The van der Waals surface area contributed by atoms with Gasteiger partial charge in [0.05, 0.1) is 0 Å². The Morgan fingerprint density at radius 2 is 2.50 bits per heavy atom. The summed E-state index contributed by atoms with van der Waals surface area (Å²) in [5.74, 6) is 0. The molecule has 2 unspecified atom stereocenters. The molecule has 10 heavy (non-hydrogen) atoms. The minimum Gasteiger partial charge on any atom is -0.474 e. The van der Waals surface area contributed by atoms with Crippen molar-refractivity contribution < 1.29 is 4.74 Å². The van der Waals surface area contributed by atoms with Crippen LogP contribution in [0.1, 0.15) is 6.92 Å². The Kier molecular flexibility index (Phi) is 1.13. The molecular formula is C8H9NO. The van der Waals surface area contributed by atoms with Gasteiger partial charge in [0, 0.05) is 0 Å². The maximum absolute atomic E-state index is 5.21. The first kappa shape index (κ1) is 5.71. The Labute approximate surface area is 59.9 Å². The minimum absolute atomic E-state index is 0.171. The fraction of sp³-hybridized carbons (Fsp3) is 0.375. The zero-order valence-corrected chi connectivity index (χ0v) is 5.82. The van der Waals surface area contributed by atoms with Gasteiger partial charge in [-0.2, -0.15) is 0 Å². The molecule has 0 saturated carbocycles. The van der Waals surface area contributed by atoms with Crippen molar-refractivity contribution in [2.45, 2.75) is 19.1 Å². The predicted octanol–water partition coefficient (Wildman–Crippen LogP) is 1.30. The summed E-state index contributed by atoms with van der Waals surface area (Å²) in [5, 5.41) is 0. The molecule has 0 fully saturated rings. The van der Waals surface area contributed by atoms with Crippen molar-refractivity contribution in [3.8, 4) is 0 Å². The highest BCUT2D eigenvalue weighted by Gasteiger charge is 2.23.